The zero-order chi connectivity index (χ0) is 8.16. The molecule has 0 unspecified atom stereocenters. The predicted octanol–water partition coefficient (Wildman–Crippen LogP) is 1.17. The molecule has 1 aliphatic heterocycles. The monoisotopic (exact) mass is 151 g/mol. The van der Waals surface area contributed by atoms with Crippen molar-refractivity contribution in [2.75, 3.05) is 13.6 Å². The first-order chi connectivity index (χ1) is 5.33. The molecule has 0 spiro atoms. The average molecular weight is 151 g/mol. The predicted molar refractivity (Wildman–Crippen MR) is 44.2 cm³/mol. The second kappa shape index (κ2) is 3.49. The first kappa shape index (κ1) is 8.22. The van der Waals surface area contributed by atoms with Crippen molar-refractivity contribution in [1.82, 2.24) is 5.32 Å². The van der Waals surface area contributed by atoms with Gasteiger partial charge < -0.3 is 5.32 Å². The van der Waals surface area contributed by atoms with Crippen LogP contribution in [0.4, 0.5) is 0 Å². The van der Waals surface area contributed by atoms with Gasteiger partial charge in [0.1, 0.15) is 0 Å². The van der Waals surface area contributed by atoms with Crippen molar-refractivity contribution in [3.63, 3.8) is 0 Å². The third kappa shape index (κ3) is 2.32. The summed E-state index contributed by atoms with van der Waals surface area (Å²) >= 11 is 0. The van der Waals surface area contributed by atoms with Gasteiger partial charge in [0, 0.05) is 19.3 Å². The van der Waals surface area contributed by atoms with Crippen LogP contribution in [0.25, 0.3) is 0 Å². The smallest absolute Gasteiger partial charge is 0.193 e. The fourth-order valence-electron chi connectivity index (χ4n) is 0.993. The zero-order valence-corrected chi connectivity index (χ0v) is 6.80. The Balaban J connectivity index is 2.15. The Hall–Kier alpha value is -0.880. The molecule has 1 aliphatic rings. The lowest BCUT2D eigenvalue weighted by Crippen LogP contribution is -2.19. The summed E-state index contributed by atoms with van der Waals surface area (Å²) in [4.78, 5) is 0. The van der Waals surface area contributed by atoms with Crippen molar-refractivity contribution < 1.29 is 0 Å². The van der Waals surface area contributed by atoms with Crippen molar-refractivity contribution in [1.29, 1.82) is 0 Å². The van der Waals surface area contributed by atoms with Crippen LogP contribution >= 0.6 is 0 Å². The third-order valence-electron chi connectivity index (χ3n) is 1.83. The van der Waals surface area contributed by atoms with Gasteiger partial charge in [0.15, 0.2) is 5.66 Å². The summed E-state index contributed by atoms with van der Waals surface area (Å²) < 4.78 is 0. The van der Waals surface area contributed by atoms with Gasteiger partial charge in [-0.3, -0.25) is 0 Å². The van der Waals surface area contributed by atoms with E-state index in [1.165, 1.54) is 0 Å². The van der Waals surface area contributed by atoms with Gasteiger partial charge in [-0.15, -0.1) is 12.3 Å². The Morgan fingerprint density at radius 3 is 2.64 bits per heavy atom. The second-order valence-corrected chi connectivity index (χ2v) is 2.74. The van der Waals surface area contributed by atoms with Crippen LogP contribution < -0.4 is 5.32 Å². The molecule has 0 aliphatic carbocycles. The van der Waals surface area contributed by atoms with Crippen LogP contribution in [0.2, 0.25) is 0 Å². The maximum Gasteiger partial charge on any atom is 0.193 e. The van der Waals surface area contributed by atoms with Crippen LogP contribution in [0.3, 0.4) is 0 Å². The van der Waals surface area contributed by atoms with E-state index in [9.17, 15) is 0 Å². The molecule has 11 heavy (non-hydrogen) atoms. The van der Waals surface area contributed by atoms with Gasteiger partial charge in [0.2, 0.25) is 0 Å². The highest BCUT2D eigenvalue weighted by Gasteiger charge is 2.38. The minimum Gasteiger partial charge on any atom is -0.320 e. The van der Waals surface area contributed by atoms with E-state index in [4.69, 9.17) is 6.42 Å². The van der Waals surface area contributed by atoms with E-state index in [2.05, 4.69) is 21.5 Å². The summed E-state index contributed by atoms with van der Waals surface area (Å²) in [6.07, 6.45) is 7.80. The van der Waals surface area contributed by atoms with Gasteiger partial charge in [-0.2, -0.15) is 10.2 Å². The molecule has 0 saturated heterocycles. The Bertz CT molecular complexity index is 184. The fraction of sp³-hybridized carbons (Fsp3) is 0.750. The molecule has 0 atom stereocenters. The van der Waals surface area contributed by atoms with Gasteiger partial charge in [0.25, 0.3) is 0 Å². The highest BCUT2D eigenvalue weighted by Crippen LogP contribution is 2.35. The van der Waals surface area contributed by atoms with Crippen molar-refractivity contribution in [2.24, 2.45) is 10.2 Å². The molecule has 0 aromatic rings. The van der Waals surface area contributed by atoms with E-state index in [1.807, 2.05) is 7.05 Å². The van der Waals surface area contributed by atoms with Crippen LogP contribution in [0.1, 0.15) is 19.3 Å². The molecule has 0 bridgehead atoms. The lowest BCUT2D eigenvalue weighted by atomic mass is 10.1. The number of terminal acetylenes is 1. The van der Waals surface area contributed by atoms with Crippen molar-refractivity contribution in [3.8, 4) is 12.3 Å². The minimum atomic E-state index is -0.102. The van der Waals surface area contributed by atoms with E-state index >= 15 is 0 Å². The molecule has 60 valence electrons. The Morgan fingerprint density at radius 2 is 2.18 bits per heavy atom. The Morgan fingerprint density at radius 1 is 1.45 bits per heavy atom. The van der Waals surface area contributed by atoms with E-state index in [0.717, 1.165) is 25.8 Å². The lowest BCUT2D eigenvalue weighted by molar-refractivity contribution is 0.501. The first-order valence-corrected chi connectivity index (χ1v) is 3.85. The maximum atomic E-state index is 5.14. The van der Waals surface area contributed by atoms with Crippen LogP contribution in [-0.4, -0.2) is 19.3 Å². The molecular weight excluding hydrogens is 138 g/mol. The largest absolute Gasteiger partial charge is 0.320 e. The maximum absolute atomic E-state index is 5.14. The van der Waals surface area contributed by atoms with Gasteiger partial charge in [-0.1, -0.05) is 0 Å². The van der Waals surface area contributed by atoms with Crippen LogP contribution in [-0.2, 0) is 0 Å². The first-order valence-electron chi connectivity index (χ1n) is 3.85. The summed E-state index contributed by atoms with van der Waals surface area (Å²) in [7, 11) is 1.93. The summed E-state index contributed by atoms with van der Waals surface area (Å²) in [6.45, 7) is 0.956. The van der Waals surface area contributed by atoms with Gasteiger partial charge in [-0.25, -0.2) is 0 Å². The molecule has 0 amide bonds. The Labute approximate surface area is 67.3 Å². The quantitative estimate of drug-likeness (QED) is 0.588. The van der Waals surface area contributed by atoms with Crippen LogP contribution in [0.5, 0.6) is 0 Å². The van der Waals surface area contributed by atoms with E-state index in [-0.39, 0.29) is 5.66 Å². The highest BCUT2D eigenvalue weighted by atomic mass is 15.4. The molecule has 0 fully saturated rings. The zero-order valence-electron chi connectivity index (χ0n) is 6.80. The molecule has 3 heteroatoms. The molecule has 1 heterocycles. The van der Waals surface area contributed by atoms with Gasteiger partial charge >= 0.3 is 0 Å². The third-order valence-corrected chi connectivity index (χ3v) is 1.83. The van der Waals surface area contributed by atoms with E-state index < -0.39 is 0 Å². The summed E-state index contributed by atoms with van der Waals surface area (Å²) in [6, 6.07) is 0. The fourth-order valence-corrected chi connectivity index (χ4v) is 0.993. The molecule has 1 rings (SSSR count). The summed E-state index contributed by atoms with van der Waals surface area (Å²) in [5.41, 5.74) is -0.102. The van der Waals surface area contributed by atoms with E-state index in [0.29, 0.717) is 0 Å². The minimum absolute atomic E-state index is 0.102. The summed E-state index contributed by atoms with van der Waals surface area (Å²) in [5.74, 6) is 2.60. The van der Waals surface area contributed by atoms with Crippen molar-refractivity contribution in [2.45, 2.75) is 24.9 Å². The topological polar surface area (TPSA) is 36.8 Å². The lowest BCUT2D eigenvalue weighted by Gasteiger charge is -2.06. The number of hydrogen-bond acceptors (Lipinski definition) is 3. The molecular formula is C8H13N3. The summed E-state index contributed by atoms with van der Waals surface area (Å²) in [5, 5.41) is 11.1. The number of nitrogens with one attached hydrogen (secondary N) is 1. The highest BCUT2D eigenvalue weighted by molar-refractivity contribution is 4.97. The normalized spacial score (nSPS) is 17.8. The van der Waals surface area contributed by atoms with Crippen LogP contribution in [0.15, 0.2) is 10.2 Å². The SMILES string of the molecule is C#CCCC1(CCNC)N=N1. The average Bonchev–Trinajstić information content (AvgIpc) is 2.79. The van der Waals surface area contributed by atoms with Gasteiger partial charge in [0.05, 0.1) is 0 Å². The number of hydrogen-bond donors (Lipinski definition) is 1. The second-order valence-electron chi connectivity index (χ2n) is 2.74. The number of nitrogens with zero attached hydrogens (tertiary/aromatic N) is 2. The Kier molecular flexibility index (Phi) is 2.61. The van der Waals surface area contributed by atoms with Crippen molar-refractivity contribution in [3.05, 3.63) is 0 Å². The molecule has 3 nitrogen and oxygen atoms in total. The van der Waals surface area contributed by atoms with E-state index in [1.54, 1.807) is 0 Å². The van der Waals surface area contributed by atoms with Crippen molar-refractivity contribution >= 4 is 0 Å². The number of rotatable bonds is 5. The van der Waals surface area contributed by atoms with Gasteiger partial charge in [-0.05, 0) is 13.6 Å². The molecule has 0 aromatic heterocycles. The molecule has 0 radical (unpaired) electrons. The molecule has 0 aromatic carbocycles. The standard InChI is InChI=1S/C8H13N3/c1-3-4-5-8(10-11-8)6-7-9-2/h1,9H,4-7H2,2H3. The molecule has 1 N–H and O–H groups in total. The van der Waals surface area contributed by atoms with Crippen LogP contribution in [0, 0.1) is 12.3 Å². The molecule has 0 saturated carbocycles.